The molecule has 1 aromatic rings. The van der Waals surface area contributed by atoms with Gasteiger partial charge < -0.3 is 4.74 Å². The molecule has 0 amide bonds. The van der Waals surface area contributed by atoms with Gasteiger partial charge in [0.05, 0.1) is 13.0 Å². The number of rotatable bonds is 11. The Morgan fingerprint density at radius 3 is 2.23 bits per heavy atom. The lowest BCUT2D eigenvalue weighted by Crippen LogP contribution is -2.13. The number of carbonyl (C=O) groups is 1. The monoisotopic (exact) mass is 358 g/mol. The molecule has 0 bridgehead atoms. The van der Waals surface area contributed by atoms with E-state index in [1.807, 2.05) is 0 Å². The molecule has 0 atom stereocenters. The quantitative estimate of drug-likeness (QED) is 0.320. The zero-order valence-electron chi connectivity index (χ0n) is 17.0. The summed E-state index contributed by atoms with van der Waals surface area (Å²) in [5.41, 5.74) is 2.53. The minimum absolute atomic E-state index is 0.0959. The Balaban J connectivity index is 1.71. The smallest absolute Gasteiger partial charge is 0.310 e. The lowest BCUT2D eigenvalue weighted by atomic mass is 9.77. The molecule has 1 aromatic carbocycles. The molecule has 1 aliphatic rings. The molecule has 0 saturated heterocycles. The minimum Gasteiger partial charge on any atom is -0.465 e. The Labute approximate surface area is 160 Å². The van der Waals surface area contributed by atoms with Crippen molar-refractivity contribution < 1.29 is 9.53 Å². The van der Waals surface area contributed by atoms with E-state index in [2.05, 4.69) is 38.1 Å². The van der Waals surface area contributed by atoms with Crippen molar-refractivity contribution in [2.24, 2.45) is 5.92 Å². The van der Waals surface area contributed by atoms with Gasteiger partial charge in [-0.2, -0.15) is 0 Å². The summed E-state index contributed by atoms with van der Waals surface area (Å²) in [4.78, 5) is 11.9. The maximum Gasteiger partial charge on any atom is 0.310 e. The summed E-state index contributed by atoms with van der Waals surface area (Å²) < 4.78 is 5.31. The standard InChI is InChI=1S/C24H38O2/c1-3-5-7-9-20-10-14-22(15-11-20)23-16-12-21(13-17-23)19-24(25)26-18-8-6-4-2/h12-13,16-17,20,22H,3-11,14-15,18-19H2,1-2H3/t20-,22-. The first kappa shape index (κ1) is 21.0. The summed E-state index contributed by atoms with van der Waals surface area (Å²) in [5.74, 6) is 1.58. The zero-order valence-corrected chi connectivity index (χ0v) is 17.0. The third kappa shape index (κ3) is 7.51. The largest absolute Gasteiger partial charge is 0.465 e. The predicted octanol–water partition coefficient (Wildman–Crippen LogP) is 6.82. The summed E-state index contributed by atoms with van der Waals surface area (Å²) in [6.07, 6.45) is 14.7. The van der Waals surface area contributed by atoms with Gasteiger partial charge in [0.15, 0.2) is 0 Å². The fraction of sp³-hybridized carbons (Fsp3) is 0.708. The predicted molar refractivity (Wildman–Crippen MR) is 109 cm³/mol. The van der Waals surface area contributed by atoms with Gasteiger partial charge >= 0.3 is 5.97 Å². The molecular formula is C24H38O2. The second-order valence-corrected chi connectivity index (χ2v) is 8.06. The second kappa shape index (κ2) is 12.1. The fourth-order valence-electron chi connectivity index (χ4n) is 4.13. The number of benzene rings is 1. The maximum atomic E-state index is 11.9. The molecule has 0 radical (unpaired) electrons. The third-order valence-corrected chi connectivity index (χ3v) is 5.87. The highest BCUT2D eigenvalue weighted by atomic mass is 16.5. The van der Waals surface area contributed by atoms with Crippen molar-refractivity contribution in [3.63, 3.8) is 0 Å². The first-order valence-corrected chi connectivity index (χ1v) is 11.0. The molecule has 0 N–H and O–H groups in total. The summed E-state index contributed by atoms with van der Waals surface area (Å²) in [6.45, 7) is 5.00. The van der Waals surface area contributed by atoms with Crippen LogP contribution in [0.3, 0.4) is 0 Å². The van der Waals surface area contributed by atoms with Crippen LogP contribution in [0.25, 0.3) is 0 Å². The molecule has 26 heavy (non-hydrogen) atoms. The molecule has 1 fully saturated rings. The van der Waals surface area contributed by atoms with Gasteiger partial charge in [-0.15, -0.1) is 0 Å². The van der Waals surface area contributed by atoms with Crippen molar-refractivity contribution in [2.45, 2.75) is 96.8 Å². The van der Waals surface area contributed by atoms with E-state index >= 15 is 0 Å². The van der Waals surface area contributed by atoms with Gasteiger partial charge in [0.1, 0.15) is 0 Å². The zero-order chi connectivity index (χ0) is 18.6. The number of ether oxygens (including phenoxy) is 1. The first-order chi connectivity index (χ1) is 12.7. The van der Waals surface area contributed by atoms with Crippen LogP contribution in [0.15, 0.2) is 24.3 Å². The number of carbonyl (C=O) groups excluding carboxylic acids is 1. The van der Waals surface area contributed by atoms with E-state index in [1.54, 1.807) is 0 Å². The molecule has 0 aliphatic heterocycles. The summed E-state index contributed by atoms with van der Waals surface area (Å²) in [6, 6.07) is 8.72. The normalized spacial score (nSPS) is 20.1. The van der Waals surface area contributed by atoms with Crippen molar-refractivity contribution in [3.05, 3.63) is 35.4 Å². The van der Waals surface area contributed by atoms with Gasteiger partial charge in [-0.25, -0.2) is 0 Å². The van der Waals surface area contributed by atoms with Gasteiger partial charge in [-0.3, -0.25) is 4.79 Å². The van der Waals surface area contributed by atoms with E-state index in [9.17, 15) is 4.79 Å². The van der Waals surface area contributed by atoms with Crippen LogP contribution >= 0.6 is 0 Å². The summed E-state index contributed by atoms with van der Waals surface area (Å²) in [7, 11) is 0. The van der Waals surface area contributed by atoms with Crippen molar-refractivity contribution in [3.8, 4) is 0 Å². The van der Waals surface area contributed by atoms with Crippen LogP contribution in [0.5, 0.6) is 0 Å². The van der Waals surface area contributed by atoms with E-state index in [1.165, 1.54) is 56.9 Å². The molecular weight excluding hydrogens is 320 g/mol. The van der Waals surface area contributed by atoms with Crippen molar-refractivity contribution in [2.75, 3.05) is 6.61 Å². The molecule has 0 heterocycles. The van der Waals surface area contributed by atoms with Gasteiger partial charge in [0, 0.05) is 0 Å². The SMILES string of the molecule is CCCCCOC(=O)Cc1ccc([C@H]2CC[C@H](CCCCC)CC2)cc1. The molecule has 0 spiro atoms. The van der Waals surface area contributed by atoms with E-state index in [-0.39, 0.29) is 5.97 Å². The van der Waals surface area contributed by atoms with Gasteiger partial charge in [0.25, 0.3) is 0 Å². The van der Waals surface area contributed by atoms with Crippen molar-refractivity contribution >= 4 is 5.97 Å². The van der Waals surface area contributed by atoms with Crippen LogP contribution in [-0.4, -0.2) is 12.6 Å². The van der Waals surface area contributed by atoms with E-state index in [4.69, 9.17) is 4.74 Å². The highest BCUT2D eigenvalue weighted by Gasteiger charge is 2.22. The molecule has 2 heteroatoms. The van der Waals surface area contributed by atoms with Crippen LogP contribution in [0.1, 0.15) is 102 Å². The topological polar surface area (TPSA) is 26.3 Å². The maximum absolute atomic E-state index is 11.9. The van der Waals surface area contributed by atoms with E-state index < -0.39 is 0 Å². The number of esters is 1. The molecule has 146 valence electrons. The number of hydrogen-bond acceptors (Lipinski definition) is 2. The van der Waals surface area contributed by atoms with Crippen molar-refractivity contribution in [1.29, 1.82) is 0 Å². The van der Waals surface area contributed by atoms with Crippen LogP contribution in [-0.2, 0) is 16.0 Å². The Bertz CT molecular complexity index is 497. The Morgan fingerprint density at radius 2 is 1.58 bits per heavy atom. The van der Waals surface area contributed by atoms with Crippen LogP contribution in [0.2, 0.25) is 0 Å². The summed E-state index contributed by atoms with van der Waals surface area (Å²) in [5, 5.41) is 0. The third-order valence-electron chi connectivity index (χ3n) is 5.87. The van der Waals surface area contributed by atoms with Gasteiger partial charge in [0.2, 0.25) is 0 Å². The highest BCUT2D eigenvalue weighted by molar-refractivity contribution is 5.72. The lowest BCUT2D eigenvalue weighted by molar-refractivity contribution is -0.142. The number of hydrogen-bond donors (Lipinski definition) is 0. The Kier molecular flexibility index (Phi) is 9.81. The van der Waals surface area contributed by atoms with Crippen LogP contribution < -0.4 is 0 Å². The highest BCUT2D eigenvalue weighted by Crippen LogP contribution is 2.37. The molecule has 0 aromatic heterocycles. The average molecular weight is 359 g/mol. The van der Waals surface area contributed by atoms with Crippen LogP contribution in [0.4, 0.5) is 0 Å². The molecule has 2 nitrogen and oxygen atoms in total. The summed E-state index contributed by atoms with van der Waals surface area (Å²) >= 11 is 0. The second-order valence-electron chi connectivity index (χ2n) is 8.06. The first-order valence-electron chi connectivity index (χ1n) is 11.0. The average Bonchev–Trinajstić information content (AvgIpc) is 2.67. The molecule has 1 saturated carbocycles. The Hall–Kier alpha value is -1.31. The van der Waals surface area contributed by atoms with Gasteiger partial charge in [-0.05, 0) is 55.1 Å². The number of unbranched alkanes of at least 4 members (excludes halogenated alkanes) is 4. The van der Waals surface area contributed by atoms with E-state index in [0.717, 1.165) is 30.7 Å². The molecule has 2 rings (SSSR count). The van der Waals surface area contributed by atoms with Crippen molar-refractivity contribution in [1.82, 2.24) is 0 Å². The van der Waals surface area contributed by atoms with Crippen LogP contribution in [0, 0.1) is 5.92 Å². The minimum atomic E-state index is -0.0959. The molecule has 0 unspecified atom stereocenters. The van der Waals surface area contributed by atoms with E-state index in [0.29, 0.717) is 18.9 Å². The molecule has 1 aliphatic carbocycles. The Morgan fingerprint density at radius 1 is 0.923 bits per heavy atom. The fourth-order valence-corrected chi connectivity index (χ4v) is 4.13. The van der Waals surface area contributed by atoms with Gasteiger partial charge in [-0.1, -0.05) is 76.6 Å². The lowest BCUT2D eigenvalue weighted by Gasteiger charge is -2.29.